The molecule has 0 aromatic rings. The molecule has 90 valence electrons. The Labute approximate surface area is 96.2 Å². The fraction of sp³-hybridized carbons (Fsp3) is 0.636. The standard InChI is InChI=1S/C11H20N2O3/c1-4-15-7-8-16-11(14)9-13(3)6-5-12(2)10-13/h5-6,10H,4,7-9H2,1-3H3/q+2. The summed E-state index contributed by atoms with van der Waals surface area (Å²) in [6.07, 6.45) is 5.82. The molecule has 0 N–H and O–H groups in total. The molecule has 0 saturated heterocycles. The van der Waals surface area contributed by atoms with Gasteiger partial charge in [-0.3, -0.25) is 0 Å². The van der Waals surface area contributed by atoms with E-state index in [1.165, 1.54) is 0 Å². The van der Waals surface area contributed by atoms with Crippen LogP contribution in [-0.4, -0.2) is 61.8 Å². The first-order valence-corrected chi connectivity index (χ1v) is 5.41. The summed E-state index contributed by atoms with van der Waals surface area (Å²) in [7, 11) is 3.88. The Balaban J connectivity index is 2.27. The van der Waals surface area contributed by atoms with E-state index in [2.05, 4.69) is 0 Å². The number of esters is 1. The zero-order chi connectivity index (χ0) is 12.0. The van der Waals surface area contributed by atoms with E-state index in [-0.39, 0.29) is 5.97 Å². The molecule has 0 amide bonds. The summed E-state index contributed by atoms with van der Waals surface area (Å²) >= 11 is 0. The molecular formula is C11H20N2O3+2. The van der Waals surface area contributed by atoms with Crippen LogP contribution < -0.4 is 0 Å². The quantitative estimate of drug-likeness (QED) is 0.281. The molecule has 5 nitrogen and oxygen atoms in total. The largest absolute Gasteiger partial charge is 0.459 e. The first kappa shape index (κ1) is 12.9. The summed E-state index contributed by atoms with van der Waals surface area (Å²) in [4.78, 5) is 11.5. The number of ether oxygens (including phenoxy) is 2. The Morgan fingerprint density at radius 1 is 1.44 bits per heavy atom. The Bertz CT molecular complexity index is 312. The SMILES string of the molecule is CCOCCOC(=O)C[N+]1(C)C=C[N+](C)=C1. The van der Waals surface area contributed by atoms with Crippen molar-refractivity contribution in [1.82, 2.24) is 0 Å². The highest BCUT2D eigenvalue weighted by atomic mass is 16.6. The molecule has 0 spiro atoms. The Kier molecular flexibility index (Phi) is 4.64. The monoisotopic (exact) mass is 228 g/mol. The van der Waals surface area contributed by atoms with E-state index in [0.717, 1.165) is 0 Å². The number of rotatable bonds is 6. The van der Waals surface area contributed by atoms with E-state index < -0.39 is 0 Å². The number of quaternary nitrogens is 1. The predicted octanol–water partition coefficient (Wildman–Crippen LogP) is 0.168. The molecule has 0 radical (unpaired) electrons. The van der Waals surface area contributed by atoms with Crippen LogP contribution in [0.15, 0.2) is 12.4 Å². The maximum atomic E-state index is 11.5. The van der Waals surface area contributed by atoms with Crippen molar-refractivity contribution in [1.29, 1.82) is 0 Å². The highest BCUT2D eigenvalue weighted by molar-refractivity contribution is 5.72. The molecule has 0 aliphatic carbocycles. The van der Waals surface area contributed by atoms with E-state index in [0.29, 0.717) is 30.8 Å². The third-order valence-electron chi connectivity index (χ3n) is 2.25. The minimum Gasteiger partial charge on any atom is -0.459 e. The van der Waals surface area contributed by atoms with Crippen LogP contribution in [0.3, 0.4) is 0 Å². The second-order valence-electron chi connectivity index (χ2n) is 4.00. The molecule has 1 aliphatic heterocycles. The van der Waals surface area contributed by atoms with Crippen molar-refractivity contribution in [3.8, 4) is 0 Å². The minimum atomic E-state index is -0.210. The second kappa shape index (κ2) is 5.77. The molecule has 1 rings (SSSR count). The van der Waals surface area contributed by atoms with Gasteiger partial charge in [0.1, 0.15) is 13.7 Å². The zero-order valence-electron chi connectivity index (χ0n) is 10.2. The number of nitrogens with zero attached hydrogens (tertiary/aromatic N) is 2. The maximum absolute atomic E-state index is 11.5. The van der Waals surface area contributed by atoms with E-state index in [1.54, 1.807) is 0 Å². The Hall–Kier alpha value is -1.20. The van der Waals surface area contributed by atoms with E-state index in [1.807, 2.05) is 44.3 Å². The van der Waals surface area contributed by atoms with Crippen molar-refractivity contribution in [2.24, 2.45) is 0 Å². The molecule has 0 saturated carbocycles. The van der Waals surface area contributed by atoms with Crippen LogP contribution in [0, 0.1) is 0 Å². The van der Waals surface area contributed by atoms with Gasteiger partial charge in [-0.2, -0.15) is 4.58 Å². The summed E-state index contributed by atoms with van der Waals surface area (Å²) in [6.45, 7) is 3.66. The summed E-state index contributed by atoms with van der Waals surface area (Å²) in [5, 5.41) is 0. The van der Waals surface area contributed by atoms with Gasteiger partial charge in [0.25, 0.3) is 0 Å². The summed E-state index contributed by atoms with van der Waals surface area (Å²) in [5.74, 6) is -0.210. The molecular weight excluding hydrogens is 208 g/mol. The van der Waals surface area contributed by atoms with Crippen LogP contribution in [0.2, 0.25) is 0 Å². The first-order chi connectivity index (χ1) is 7.56. The molecule has 0 aromatic heterocycles. The topological polar surface area (TPSA) is 38.5 Å². The van der Waals surface area contributed by atoms with Gasteiger partial charge in [-0.15, -0.1) is 0 Å². The van der Waals surface area contributed by atoms with Gasteiger partial charge in [0.2, 0.25) is 6.20 Å². The van der Waals surface area contributed by atoms with Crippen molar-refractivity contribution >= 4 is 12.3 Å². The number of hydrogen-bond donors (Lipinski definition) is 0. The summed E-state index contributed by atoms with van der Waals surface area (Å²) in [5.41, 5.74) is 0. The molecule has 0 bridgehead atoms. The predicted molar refractivity (Wildman–Crippen MR) is 59.9 cm³/mol. The average Bonchev–Trinajstić information content (AvgIpc) is 2.53. The van der Waals surface area contributed by atoms with Crippen molar-refractivity contribution < 1.29 is 23.3 Å². The molecule has 1 atom stereocenters. The number of carbonyl (C=O) groups is 1. The lowest BCUT2D eigenvalue weighted by molar-refractivity contribution is -0.759. The highest BCUT2D eigenvalue weighted by Crippen LogP contribution is 2.05. The number of likely N-dealkylation sites (N-methyl/N-ethyl adjacent to an activating group) is 1. The van der Waals surface area contributed by atoms with Gasteiger partial charge in [0.15, 0.2) is 12.7 Å². The maximum Gasteiger partial charge on any atom is 0.362 e. The lowest BCUT2D eigenvalue weighted by Gasteiger charge is -2.16. The third kappa shape index (κ3) is 4.12. The van der Waals surface area contributed by atoms with Crippen LogP contribution in [0.4, 0.5) is 0 Å². The fourth-order valence-corrected chi connectivity index (χ4v) is 1.53. The molecule has 16 heavy (non-hydrogen) atoms. The van der Waals surface area contributed by atoms with Gasteiger partial charge in [0, 0.05) is 6.61 Å². The van der Waals surface area contributed by atoms with Gasteiger partial charge >= 0.3 is 12.3 Å². The Morgan fingerprint density at radius 2 is 2.19 bits per heavy atom. The van der Waals surface area contributed by atoms with Gasteiger partial charge < -0.3 is 9.47 Å². The first-order valence-electron chi connectivity index (χ1n) is 5.41. The number of hydrogen-bond acceptors (Lipinski definition) is 3. The van der Waals surface area contributed by atoms with E-state index >= 15 is 0 Å². The fourth-order valence-electron chi connectivity index (χ4n) is 1.53. The van der Waals surface area contributed by atoms with E-state index in [4.69, 9.17) is 9.47 Å². The van der Waals surface area contributed by atoms with Crippen molar-refractivity contribution in [3.63, 3.8) is 0 Å². The highest BCUT2D eigenvalue weighted by Gasteiger charge is 2.30. The van der Waals surface area contributed by atoms with Crippen LogP contribution in [0.5, 0.6) is 0 Å². The number of carbonyl (C=O) groups excluding carboxylic acids is 1. The zero-order valence-corrected chi connectivity index (χ0v) is 10.2. The van der Waals surface area contributed by atoms with E-state index in [9.17, 15) is 4.79 Å². The molecule has 5 heteroatoms. The van der Waals surface area contributed by atoms with Crippen LogP contribution in [-0.2, 0) is 14.3 Å². The summed E-state index contributed by atoms with van der Waals surface area (Å²) in [6, 6.07) is 0. The van der Waals surface area contributed by atoms with Gasteiger partial charge in [-0.05, 0) is 6.92 Å². The average molecular weight is 228 g/mol. The van der Waals surface area contributed by atoms with Crippen molar-refractivity contribution in [3.05, 3.63) is 12.4 Å². The molecule has 0 fully saturated rings. The molecule has 1 unspecified atom stereocenters. The van der Waals surface area contributed by atoms with Gasteiger partial charge in [-0.1, -0.05) is 0 Å². The van der Waals surface area contributed by atoms with Crippen LogP contribution in [0.25, 0.3) is 0 Å². The lowest BCUT2D eigenvalue weighted by Crippen LogP contribution is -2.41. The second-order valence-corrected chi connectivity index (χ2v) is 4.00. The normalized spacial score (nSPS) is 23.3. The van der Waals surface area contributed by atoms with Crippen molar-refractivity contribution in [2.75, 3.05) is 40.5 Å². The van der Waals surface area contributed by atoms with Crippen LogP contribution >= 0.6 is 0 Å². The van der Waals surface area contributed by atoms with Gasteiger partial charge in [-0.25, -0.2) is 9.28 Å². The van der Waals surface area contributed by atoms with Crippen LogP contribution in [0.1, 0.15) is 6.92 Å². The molecule has 1 aliphatic rings. The molecule has 1 heterocycles. The smallest absolute Gasteiger partial charge is 0.362 e. The minimum absolute atomic E-state index is 0.210. The molecule has 0 aromatic carbocycles. The van der Waals surface area contributed by atoms with Gasteiger partial charge in [0.05, 0.1) is 13.7 Å². The third-order valence-corrected chi connectivity index (χ3v) is 2.25. The summed E-state index contributed by atoms with van der Waals surface area (Å²) < 4.78 is 12.5. The van der Waals surface area contributed by atoms with Crippen molar-refractivity contribution in [2.45, 2.75) is 6.92 Å². The Morgan fingerprint density at radius 3 is 2.75 bits per heavy atom. The lowest BCUT2D eigenvalue weighted by atomic mass is 10.5.